The molecule has 0 spiro atoms. The molecule has 6 heteroatoms. The highest BCUT2D eigenvalue weighted by Gasteiger charge is 2.19. The number of non-ortho nitro benzene ring substituents is 1. The number of anilines is 1. The number of carbonyl (C=O) groups excluding carboxylic acids is 1. The van der Waals surface area contributed by atoms with Crippen LogP contribution in [0.25, 0.3) is 11.1 Å². The fourth-order valence-corrected chi connectivity index (χ4v) is 3.46. The number of amides is 1. The highest BCUT2D eigenvalue weighted by atomic mass is 35.5. The number of rotatable bonds is 3. The lowest BCUT2D eigenvalue weighted by molar-refractivity contribution is -0.384. The van der Waals surface area contributed by atoms with E-state index in [0.717, 1.165) is 12.0 Å². The van der Waals surface area contributed by atoms with Crippen LogP contribution in [-0.4, -0.2) is 10.8 Å². The van der Waals surface area contributed by atoms with Crippen molar-refractivity contribution in [2.75, 3.05) is 5.32 Å². The van der Waals surface area contributed by atoms with E-state index in [1.165, 1.54) is 34.9 Å². The van der Waals surface area contributed by atoms with Crippen molar-refractivity contribution in [2.24, 2.45) is 0 Å². The van der Waals surface area contributed by atoms with Gasteiger partial charge in [0.1, 0.15) is 0 Å². The lowest BCUT2D eigenvalue weighted by atomic mass is 10.1. The van der Waals surface area contributed by atoms with E-state index in [9.17, 15) is 14.9 Å². The summed E-state index contributed by atoms with van der Waals surface area (Å²) in [7, 11) is 0. The summed E-state index contributed by atoms with van der Waals surface area (Å²) in [5.41, 5.74) is 5.46. The normalized spacial score (nSPS) is 11.6. The minimum Gasteiger partial charge on any atom is -0.322 e. The van der Waals surface area contributed by atoms with Gasteiger partial charge in [0.2, 0.25) is 0 Å². The van der Waals surface area contributed by atoms with E-state index < -0.39 is 10.8 Å². The zero-order chi connectivity index (χ0) is 18.3. The van der Waals surface area contributed by atoms with Gasteiger partial charge in [-0.25, -0.2) is 0 Å². The Labute approximate surface area is 154 Å². The maximum absolute atomic E-state index is 12.5. The van der Waals surface area contributed by atoms with Gasteiger partial charge in [-0.15, -0.1) is 0 Å². The van der Waals surface area contributed by atoms with Gasteiger partial charge in [0.25, 0.3) is 11.6 Å². The van der Waals surface area contributed by atoms with Gasteiger partial charge in [-0.3, -0.25) is 14.9 Å². The molecule has 0 radical (unpaired) electrons. The fourth-order valence-electron chi connectivity index (χ4n) is 3.20. The Hall–Kier alpha value is -3.18. The molecule has 1 aliphatic carbocycles. The first-order chi connectivity index (χ1) is 12.5. The molecule has 26 heavy (non-hydrogen) atoms. The zero-order valence-corrected chi connectivity index (χ0v) is 14.3. The summed E-state index contributed by atoms with van der Waals surface area (Å²) >= 11 is 6.03. The van der Waals surface area contributed by atoms with E-state index in [4.69, 9.17) is 11.6 Å². The van der Waals surface area contributed by atoms with Gasteiger partial charge in [-0.1, -0.05) is 41.9 Å². The number of fused-ring (bicyclic) bond motifs is 3. The molecule has 1 amide bonds. The molecule has 0 fully saturated rings. The summed E-state index contributed by atoms with van der Waals surface area (Å²) in [6.07, 6.45) is 0.883. The van der Waals surface area contributed by atoms with Crippen molar-refractivity contribution in [2.45, 2.75) is 6.42 Å². The molecule has 0 heterocycles. The van der Waals surface area contributed by atoms with Crippen LogP contribution in [0.15, 0.2) is 60.7 Å². The van der Waals surface area contributed by atoms with Crippen molar-refractivity contribution in [3.05, 3.63) is 92.5 Å². The van der Waals surface area contributed by atoms with Gasteiger partial charge < -0.3 is 5.32 Å². The molecule has 0 saturated heterocycles. The molecule has 3 aromatic carbocycles. The Bertz CT molecular complexity index is 1060. The van der Waals surface area contributed by atoms with Crippen LogP contribution in [0.5, 0.6) is 0 Å². The Kier molecular flexibility index (Phi) is 3.93. The first-order valence-electron chi connectivity index (χ1n) is 7.99. The largest absolute Gasteiger partial charge is 0.322 e. The molecular weight excluding hydrogens is 352 g/mol. The molecule has 0 bridgehead atoms. The third kappa shape index (κ3) is 2.82. The van der Waals surface area contributed by atoms with E-state index in [1.54, 1.807) is 0 Å². The smallest absolute Gasteiger partial charge is 0.270 e. The molecule has 1 N–H and O–H groups in total. The van der Waals surface area contributed by atoms with Crippen molar-refractivity contribution in [3.63, 3.8) is 0 Å². The SMILES string of the molecule is O=C(Nc1ccc2c(c1)-c1ccccc1C2)c1ccc([N+](=O)[O-])cc1Cl. The van der Waals surface area contributed by atoms with Gasteiger partial charge in [0.05, 0.1) is 15.5 Å². The van der Waals surface area contributed by atoms with E-state index in [2.05, 4.69) is 17.4 Å². The molecule has 0 unspecified atom stereocenters. The third-order valence-corrected chi connectivity index (χ3v) is 4.78. The monoisotopic (exact) mass is 364 g/mol. The number of hydrogen-bond acceptors (Lipinski definition) is 3. The molecule has 0 aliphatic heterocycles. The number of nitro groups is 1. The first kappa shape index (κ1) is 16.3. The number of nitro benzene ring substituents is 1. The minimum absolute atomic E-state index is 0.0446. The van der Waals surface area contributed by atoms with Crippen LogP contribution < -0.4 is 5.32 Å². The number of hydrogen-bond donors (Lipinski definition) is 1. The lowest BCUT2D eigenvalue weighted by Gasteiger charge is -2.09. The quantitative estimate of drug-likeness (QED) is 0.407. The Balaban J connectivity index is 1.61. The third-order valence-electron chi connectivity index (χ3n) is 4.46. The van der Waals surface area contributed by atoms with E-state index in [0.29, 0.717) is 5.69 Å². The molecule has 5 nitrogen and oxygen atoms in total. The van der Waals surface area contributed by atoms with Crippen LogP contribution >= 0.6 is 11.6 Å². The van der Waals surface area contributed by atoms with Crippen molar-refractivity contribution < 1.29 is 9.72 Å². The number of benzene rings is 3. The van der Waals surface area contributed by atoms with E-state index in [1.807, 2.05) is 30.3 Å². The molecule has 128 valence electrons. The van der Waals surface area contributed by atoms with Gasteiger partial charge in [-0.05, 0) is 46.9 Å². The van der Waals surface area contributed by atoms with Crippen LogP contribution in [0.1, 0.15) is 21.5 Å². The average molecular weight is 365 g/mol. The van der Waals surface area contributed by atoms with Crippen molar-refractivity contribution in [1.82, 2.24) is 0 Å². The van der Waals surface area contributed by atoms with Gasteiger partial charge >= 0.3 is 0 Å². The molecule has 4 rings (SSSR count). The molecule has 1 aliphatic rings. The number of nitrogens with zero attached hydrogens (tertiary/aromatic N) is 1. The highest BCUT2D eigenvalue weighted by molar-refractivity contribution is 6.34. The Morgan fingerprint density at radius 1 is 1.00 bits per heavy atom. The summed E-state index contributed by atoms with van der Waals surface area (Å²) < 4.78 is 0. The Morgan fingerprint density at radius 3 is 2.54 bits per heavy atom. The van der Waals surface area contributed by atoms with Crippen molar-refractivity contribution >= 4 is 28.9 Å². The second kappa shape index (κ2) is 6.28. The van der Waals surface area contributed by atoms with Gasteiger partial charge in [-0.2, -0.15) is 0 Å². The molecule has 0 saturated carbocycles. The summed E-state index contributed by atoms with van der Waals surface area (Å²) in [4.78, 5) is 22.7. The lowest BCUT2D eigenvalue weighted by Crippen LogP contribution is -2.12. The van der Waals surface area contributed by atoms with E-state index in [-0.39, 0.29) is 16.3 Å². The zero-order valence-electron chi connectivity index (χ0n) is 13.5. The van der Waals surface area contributed by atoms with Crippen molar-refractivity contribution in [3.8, 4) is 11.1 Å². The van der Waals surface area contributed by atoms with Crippen LogP contribution in [0.4, 0.5) is 11.4 Å². The summed E-state index contributed by atoms with van der Waals surface area (Å²) in [5.74, 6) is -0.406. The van der Waals surface area contributed by atoms with Crippen LogP contribution in [0.3, 0.4) is 0 Å². The van der Waals surface area contributed by atoms with Crippen LogP contribution in [0, 0.1) is 10.1 Å². The maximum Gasteiger partial charge on any atom is 0.270 e. The molecule has 0 aromatic heterocycles. The van der Waals surface area contributed by atoms with Crippen molar-refractivity contribution in [1.29, 1.82) is 0 Å². The fraction of sp³-hybridized carbons (Fsp3) is 0.0500. The number of halogens is 1. The average Bonchev–Trinajstić information content (AvgIpc) is 2.99. The van der Waals surface area contributed by atoms with Crippen LogP contribution in [0.2, 0.25) is 5.02 Å². The second-order valence-corrected chi connectivity index (χ2v) is 6.49. The molecule has 3 aromatic rings. The second-order valence-electron chi connectivity index (χ2n) is 6.08. The Morgan fingerprint density at radius 2 is 1.77 bits per heavy atom. The maximum atomic E-state index is 12.5. The predicted octanol–water partition coefficient (Wildman–Crippen LogP) is 5.07. The molecular formula is C20H13ClN2O3. The number of nitrogens with one attached hydrogen (secondary N) is 1. The summed E-state index contributed by atoms with van der Waals surface area (Å²) in [6, 6.07) is 17.8. The molecule has 0 atom stereocenters. The topological polar surface area (TPSA) is 72.2 Å². The van der Waals surface area contributed by atoms with Crippen LogP contribution in [-0.2, 0) is 6.42 Å². The minimum atomic E-state index is -0.550. The summed E-state index contributed by atoms with van der Waals surface area (Å²) in [6.45, 7) is 0. The van der Waals surface area contributed by atoms with Gasteiger partial charge in [0.15, 0.2) is 0 Å². The first-order valence-corrected chi connectivity index (χ1v) is 8.37. The predicted molar refractivity (Wildman–Crippen MR) is 101 cm³/mol. The summed E-state index contributed by atoms with van der Waals surface area (Å²) in [5, 5.41) is 13.6. The van der Waals surface area contributed by atoms with Gasteiger partial charge in [0, 0.05) is 17.8 Å². The standard InChI is InChI=1S/C20H13ClN2O3/c21-19-11-15(23(25)26)7-8-17(19)20(24)22-14-6-5-13-9-12-3-1-2-4-16(12)18(13)10-14/h1-8,10-11H,9H2,(H,22,24). The van der Waals surface area contributed by atoms with E-state index >= 15 is 0 Å². The number of carbonyl (C=O) groups is 1. The highest BCUT2D eigenvalue weighted by Crippen LogP contribution is 2.38.